The number of hydrogen-bond acceptors (Lipinski definition) is 4. The summed E-state index contributed by atoms with van der Waals surface area (Å²) in [5, 5.41) is 4.14. The number of carbonyl (C=O) groups is 1. The third-order valence-electron chi connectivity index (χ3n) is 5.72. The van der Waals surface area contributed by atoms with E-state index in [0.29, 0.717) is 0 Å². The minimum absolute atomic E-state index is 0.354. The molecule has 0 radical (unpaired) electrons. The van der Waals surface area contributed by atoms with Gasteiger partial charge in [-0.15, -0.1) is 6.58 Å². The van der Waals surface area contributed by atoms with Crippen LogP contribution < -0.4 is 5.32 Å². The molecule has 1 aliphatic carbocycles. The molecule has 0 unspecified atom stereocenters. The number of benzene rings is 1. The lowest BCUT2D eigenvalue weighted by atomic mass is 9.71. The maximum Gasteiger partial charge on any atom is 0.408 e. The number of pyridine rings is 2. The number of allylic oxidation sites excluding steroid dienone is 1. The molecule has 2 aromatic heterocycles. The maximum atomic E-state index is 12.4. The Morgan fingerprint density at radius 3 is 2.58 bits per heavy atom. The van der Waals surface area contributed by atoms with E-state index in [0.717, 1.165) is 59.0 Å². The molecule has 31 heavy (non-hydrogen) atoms. The number of rotatable bonds is 5. The predicted molar refractivity (Wildman–Crippen MR) is 124 cm³/mol. The second kappa shape index (κ2) is 8.14. The first-order valence-corrected chi connectivity index (χ1v) is 10.8. The topological polar surface area (TPSA) is 64.1 Å². The van der Waals surface area contributed by atoms with Gasteiger partial charge in [-0.3, -0.25) is 4.98 Å². The summed E-state index contributed by atoms with van der Waals surface area (Å²) in [7, 11) is 0. The zero-order valence-electron chi connectivity index (χ0n) is 18.4. The third kappa shape index (κ3) is 4.46. The van der Waals surface area contributed by atoms with Crippen molar-refractivity contribution in [1.82, 2.24) is 15.3 Å². The van der Waals surface area contributed by atoms with Crippen LogP contribution in [-0.4, -0.2) is 21.7 Å². The van der Waals surface area contributed by atoms with Crippen LogP contribution in [0.4, 0.5) is 4.79 Å². The van der Waals surface area contributed by atoms with E-state index in [-0.39, 0.29) is 11.6 Å². The normalized spacial score (nSPS) is 15.2. The Bertz CT molecular complexity index is 1110. The molecule has 1 amide bonds. The van der Waals surface area contributed by atoms with Crippen molar-refractivity contribution in [2.24, 2.45) is 0 Å². The number of nitrogens with one attached hydrogen (secondary N) is 1. The second-order valence-corrected chi connectivity index (χ2v) is 9.20. The van der Waals surface area contributed by atoms with Crippen LogP contribution in [-0.2, 0) is 16.7 Å². The Balaban J connectivity index is 1.64. The molecule has 4 rings (SSSR count). The largest absolute Gasteiger partial charge is 0.444 e. The molecular formula is C26H29N3O2. The number of aromatic nitrogens is 2. The monoisotopic (exact) mass is 415 g/mol. The van der Waals surface area contributed by atoms with Crippen LogP contribution in [0.3, 0.4) is 0 Å². The van der Waals surface area contributed by atoms with E-state index >= 15 is 0 Å². The molecule has 160 valence electrons. The van der Waals surface area contributed by atoms with Gasteiger partial charge in [-0.1, -0.05) is 30.3 Å². The highest BCUT2D eigenvalue weighted by Gasteiger charge is 2.41. The molecule has 1 saturated carbocycles. The predicted octanol–water partition coefficient (Wildman–Crippen LogP) is 5.93. The average Bonchev–Trinajstić information content (AvgIpc) is 2.69. The second-order valence-electron chi connectivity index (χ2n) is 9.20. The van der Waals surface area contributed by atoms with Crippen molar-refractivity contribution in [3.63, 3.8) is 0 Å². The molecule has 0 atom stereocenters. The van der Waals surface area contributed by atoms with E-state index in [2.05, 4.69) is 47.2 Å². The number of amides is 1. The maximum absolute atomic E-state index is 12.4. The lowest BCUT2D eigenvalue weighted by molar-refractivity contribution is 0.0377. The summed E-state index contributed by atoms with van der Waals surface area (Å²) in [5.41, 5.74) is 4.27. The van der Waals surface area contributed by atoms with Crippen LogP contribution in [0.1, 0.15) is 51.2 Å². The van der Waals surface area contributed by atoms with Gasteiger partial charge in [0.2, 0.25) is 0 Å². The SMILES string of the molecule is C=CCc1cc2cnccc2nc1-c1ccc(C2(NC(=O)OC(C)(C)C)CCC2)cc1. The fourth-order valence-corrected chi connectivity index (χ4v) is 4.08. The smallest absolute Gasteiger partial charge is 0.408 e. The lowest BCUT2D eigenvalue weighted by Crippen LogP contribution is -2.52. The fourth-order valence-electron chi connectivity index (χ4n) is 4.08. The van der Waals surface area contributed by atoms with Gasteiger partial charge in [-0.25, -0.2) is 9.78 Å². The van der Waals surface area contributed by atoms with Crippen molar-refractivity contribution in [2.75, 3.05) is 0 Å². The summed E-state index contributed by atoms with van der Waals surface area (Å²) in [5.74, 6) is 0. The highest BCUT2D eigenvalue weighted by Crippen LogP contribution is 2.42. The van der Waals surface area contributed by atoms with Gasteiger partial charge in [0.05, 0.1) is 16.7 Å². The number of alkyl carbamates (subject to hydrolysis) is 1. The molecule has 0 saturated heterocycles. The Morgan fingerprint density at radius 2 is 1.97 bits per heavy atom. The van der Waals surface area contributed by atoms with E-state index in [1.165, 1.54) is 0 Å². The summed E-state index contributed by atoms with van der Waals surface area (Å²) >= 11 is 0. The summed E-state index contributed by atoms with van der Waals surface area (Å²) in [4.78, 5) is 21.5. The van der Waals surface area contributed by atoms with Crippen molar-refractivity contribution in [3.8, 4) is 11.3 Å². The molecule has 5 heteroatoms. The number of fused-ring (bicyclic) bond motifs is 1. The van der Waals surface area contributed by atoms with Gasteiger partial charge >= 0.3 is 6.09 Å². The first-order valence-electron chi connectivity index (χ1n) is 10.8. The minimum atomic E-state index is -0.516. The molecule has 0 bridgehead atoms. The number of nitrogens with zero attached hydrogens (tertiary/aromatic N) is 2. The molecule has 3 aromatic rings. The van der Waals surface area contributed by atoms with Crippen LogP contribution in [0.5, 0.6) is 0 Å². The molecule has 0 aliphatic heterocycles. The van der Waals surface area contributed by atoms with E-state index in [1.807, 2.05) is 39.1 Å². The number of ether oxygens (including phenoxy) is 1. The lowest BCUT2D eigenvalue weighted by Gasteiger charge is -2.43. The first kappa shape index (κ1) is 21.0. The fraction of sp³-hybridized carbons (Fsp3) is 0.346. The molecule has 1 aliphatic rings. The first-order chi connectivity index (χ1) is 14.8. The van der Waals surface area contributed by atoms with Crippen LogP contribution in [0.2, 0.25) is 0 Å². The van der Waals surface area contributed by atoms with Crippen molar-refractivity contribution < 1.29 is 9.53 Å². The standard InChI is InChI=1S/C26H29N3O2/c1-5-7-19-16-20-17-27-15-12-22(20)28-23(19)18-8-10-21(11-9-18)26(13-6-14-26)29-24(30)31-25(2,3)4/h5,8-12,15-17H,1,6-7,13-14H2,2-4H3,(H,29,30). The van der Waals surface area contributed by atoms with E-state index in [9.17, 15) is 4.79 Å². The van der Waals surface area contributed by atoms with Gasteiger partial charge in [0, 0.05) is 23.3 Å². The van der Waals surface area contributed by atoms with Crippen molar-refractivity contribution in [1.29, 1.82) is 0 Å². The molecule has 1 aromatic carbocycles. The Hall–Kier alpha value is -3.21. The van der Waals surface area contributed by atoms with Gasteiger partial charge in [0.1, 0.15) is 5.60 Å². The van der Waals surface area contributed by atoms with Gasteiger partial charge in [0.15, 0.2) is 0 Å². The molecular weight excluding hydrogens is 386 g/mol. The van der Waals surface area contributed by atoms with Crippen LogP contribution in [0.15, 0.2) is 61.4 Å². The molecule has 1 fully saturated rings. The van der Waals surface area contributed by atoms with Crippen LogP contribution in [0, 0.1) is 0 Å². The van der Waals surface area contributed by atoms with Gasteiger partial charge in [-0.05, 0) is 69.7 Å². The summed E-state index contributed by atoms with van der Waals surface area (Å²) in [6, 6.07) is 12.4. The quantitative estimate of drug-likeness (QED) is 0.525. The summed E-state index contributed by atoms with van der Waals surface area (Å²) in [6.45, 7) is 9.53. The molecule has 5 nitrogen and oxygen atoms in total. The molecule has 1 N–H and O–H groups in total. The van der Waals surface area contributed by atoms with E-state index in [1.54, 1.807) is 6.20 Å². The van der Waals surface area contributed by atoms with Crippen molar-refractivity contribution >= 4 is 17.0 Å². The van der Waals surface area contributed by atoms with Gasteiger partial charge < -0.3 is 10.1 Å². The van der Waals surface area contributed by atoms with Crippen molar-refractivity contribution in [3.05, 3.63) is 72.6 Å². The van der Waals surface area contributed by atoms with Gasteiger partial charge in [-0.2, -0.15) is 0 Å². The van der Waals surface area contributed by atoms with Crippen LogP contribution in [0.25, 0.3) is 22.2 Å². The molecule has 2 heterocycles. The van der Waals surface area contributed by atoms with E-state index < -0.39 is 5.60 Å². The zero-order chi connectivity index (χ0) is 22.1. The van der Waals surface area contributed by atoms with Gasteiger partial charge in [0.25, 0.3) is 0 Å². The third-order valence-corrected chi connectivity index (χ3v) is 5.72. The summed E-state index contributed by atoms with van der Waals surface area (Å²) < 4.78 is 5.49. The number of hydrogen-bond donors (Lipinski definition) is 1. The number of carbonyl (C=O) groups excluding carboxylic acids is 1. The van der Waals surface area contributed by atoms with Crippen molar-refractivity contribution in [2.45, 2.75) is 57.6 Å². The Kier molecular flexibility index (Phi) is 5.52. The summed E-state index contributed by atoms with van der Waals surface area (Å²) in [6.07, 6.45) is 8.77. The minimum Gasteiger partial charge on any atom is -0.444 e. The average molecular weight is 416 g/mol. The van der Waals surface area contributed by atoms with E-state index in [4.69, 9.17) is 9.72 Å². The molecule has 0 spiro atoms. The van der Waals surface area contributed by atoms with Crippen LogP contribution >= 0.6 is 0 Å². The Morgan fingerprint density at radius 1 is 1.23 bits per heavy atom. The highest BCUT2D eigenvalue weighted by atomic mass is 16.6. The Labute approximate surface area is 183 Å². The zero-order valence-corrected chi connectivity index (χ0v) is 18.4. The highest BCUT2D eigenvalue weighted by molar-refractivity contribution is 5.82.